The summed E-state index contributed by atoms with van der Waals surface area (Å²) >= 11 is 5.94. The zero-order valence-corrected chi connectivity index (χ0v) is 12.1. The second kappa shape index (κ2) is 6.73. The fourth-order valence-corrected chi connectivity index (χ4v) is 1.75. The lowest BCUT2D eigenvalue weighted by molar-refractivity contribution is 0.105. The minimum atomic E-state index is -0.390. The van der Waals surface area contributed by atoms with Gasteiger partial charge in [-0.2, -0.15) is 4.98 Å². The van der Waals surface area contributed by atoms with Crippen molar-refractivity contribution in [2.75, 3.05) is 14.2 Å². The number of ether oxygens (including phenoxy) is 2. The van der Waals surface area contributed by atoms with Gasteiger partial charge in [0.2, 0.25) is 11.7 Å². The lowest BCUT2D eigenvalue weighted by Crippen LogP contribution is -1.99. The van der Waals surface area contributed by atoms with E-state index in [0.717, 1.165) is 0 Å². The highest BCUT2D eigenvalue weighted by Gasteiger charge is 2.08. The number of carbonyl (C=O) groups excluding carboxylic acids is 1. The van der Waals surface area contributed by atoms with Gasteiger partial charge in [-0.3, -0.25) is 4.79 Å². The van der Waals surface area contributed by atoms with Crippen molar-refractivity contribution < 1.29 is 14.3 Å². The van der Waals surface area contributed by atoms with Crippen LogP contribution < -0.4 is 9.47 Å². The van der Waals surface area contributed by atoms with Gasteiger partial charge in [0.15, 0.2) is 0 Å². The number of rotatable bonds is 3. The van der Waals surface area contributed by atoms with E-state index in [1.54, 1.807) is 24.3 Å². The number of hydrogen-bond donors (Lipinski definition) is 0. The van der Waals surface area contributed by atoms with Crippen LogP contribution in [0.3, 0.4) is 0 Å². The van der Waals surface area contributed by atoms with E-state index in [9.17, 15) is 4.79 Å². The molecule has 1 aromatic heterocycles. The van der Waals surface area contributed by atoms with Crippen molar-refractivity contribution in [2.24, 2.45) is 0 Å². The van der Waals surface area contributed by atoms with E-state index in [0.29, 0.717) is 16.1 Å². The maximum Gasteiger partial charge on any atom is 0.319 e. The first kappa shape index (κ1) is 14.8. The van der Waals surface area contributed by atoms with Crippen molar-refractivity contribution in [3.05, 3.63) is 46.6 Å². The molecule has 0 aliphatic rings. The SMILES string of the molecule is COc1ncc(C#CC(=O)c2ccccc2Cl)c(OC)n1. The molecule has 21 heavy (non-hydrogen) atoms. The molecule has 0 saturated heterocycles. The van der Waals surface area contributed by atoms with Crippen molar-refractivity contribution in [1.82, 2.24) is 9.97 Å². The van der Waals surface area contributed by atoms with Gasteiger partial charge in [-0.25, -0.2) is 4.98 Å². The maximum atomic E-state index is 12.0. The van der Waals surface area contributed by atoms with E-state index in [2.05, 4.69) is 21.8 Å². The van der Waals surface area contributed by atoms with Crippen LogP contribution in [0.2, 0.25) is 5.02 Å². The summed E-state index contributed by atoms with van der Waals surface area (Å²) in [5, 5.41) is 0.356. The fraction of sp³-hybridized carbons (Fsp3) is 0.133. The Kier molecular flexibility index (Phi) is 4.75. The van der Waals surface area contributed by atoms with Crippen LogP contribution >= 0.6 is 11.6 Å². The first-order chi connectivity index (χ1) is 10.2. The Hall–Kier alpha value is -2.58. The van der Waals surface area contributed by atoms with Gasteiger partial charge in [-0.1, -0.05) is 29.7 Å². The van der Waals surface area contributed by atoms with E-state index in [4.69, 9.17) is 21.1 Å². The molecule has 0 unspecified atom stereocenters. The number of nitrogens with zero attached hydrogens (tertiary/aromatic N) is 2. The maximum absolute atomic E-state index is 12.0. The first-order valence-electron chi connectivity index (χ1n) is 5.91. The molecular formula is C15H11ClN2O3. The Morgan fingerprint density at radius 1 is 1.24 bits per heavy atom. The highest BCUT2D eigenvalue weighted by atomic mass is 35.5. The molecule has 0 saturated carbocycles. The van der Waals surface area contributed by atoms with Crippen LogP contribution in [0.4, 0.5) is 0 Å². The van der Waals surface area contributed by atoms with Crippen LogP contribution in [0.1, 0.15) is 15.9 Å². The van der Waals surface area contributed by atoms with Crippen molar-refractivity contribution in [1.29, 1.82) is 0 Å². The van der Waals surface area contributed by atoms with E-state index in [1.165, 1.54) is 20.4 Å². The normalized spacial score (nSPS) is 9.48. The monoisotopic (exact) mass is 302 g/mol. The molecule has 6 heteroatoms. The molecule has 0 radical (unpaired) electrons. The van der Waals surface area contributed by atoms with Crippen LogP contribution in [0.5, 0.6) is 11.9 Å². The molecule has 0 N–H and O–H groups in total. The molecule has 0 aliphatic heterocycles. The van der Waals surface area contributed by atoms with Crippen LogP contribution in [0.15, 0.2) is 30.5 Å². The molecule has 0 bridgehead atoms. The Morgan fingerprint density at radius 3 is 2.67 bits per heavy atom. The van der Waals surface area contributed by atoms with Crippen molar-refractivity contribution in [3.8, 4) is 23.7 Å². The summed E-state index contributed by atoms with van der Waals surface area (Å²) in [5.41, 5.74) is 0.735. The van der Waals surface area contributed by atoms with Gasteiger partial charge in [0.1, 0.15) is 5.56 Å². The standard InChI is InChI=1S/C15H11ClN2O3/c1-20-14-10(9-17-15(18-14)21-2)7-8-13(19)11-5-3-4-6-12(11)16/h3-6,9H,1-2H3. The van der Waals surface area contributed by atoms with E-state index >= 15 is 0 Å². The third-order valence-corrected chi connectivity index (χ3v) is 2.87. The summed E-state index contributed by atoms with van der Waals surface area (Å²) in [6.07, 6.45) is 1.43. The largest absolute Gasteiger partial charge is 0.480 e. The smallest absolute Gasteiger partial charge is 0.319 e. The van der Waals surface area contributed by atoms with Gasteiger partial charge in [0.05, 0.1) is 25.4 Å². The van der Waals surface area contributed by atoms with Gasteiger partial charge in [0.25, 0.3) is 0 Å². The number of Topliss-reactive ketones (excluding diaryl/α,β-unsaturated/α-hetero) is 1. The molecule has 2 aromatic rings. The second-order valence-electron chi connectivity index (χ2n) is 3.84. The summed E-state index contributed by atoms with van der Waals surface area (Å²) in [6, 6.07) is 6.87. The minimum absolute atomic E-state index is 0.162. The Morgan fingerprint density at radius 2 is 2.00 bits per heavy atom. The minimum Gasteiger partial charge on any atom is -0.480 e. The van der Waals surface area contributed by atoms with Crippen LogP contribution in [-0.2, 0) is 0 Å². The number of benzene rings is 1. The van der Waals surface area contributed by atoms with Gasteiger partial charge < -0.3 is 9.47 Å². The van der Waals surface area contributed by atoms with E-state index < -0.39 is 5.78 Å². The molecule has 1 heterocycles. The summed E-state index contributed by atoms with van der Waals surface area (Å²) in [6.45, 7) is 0. The Bertz CT molecular complexity index is 735. The van der Waals surface area contributed by atoms with E-state index in [1.807, 2.05) is 0 Å². The predicted molar refractivity (Wildman–Crippen MR) is 77.8 cm³/mol. The van der Waals surface area contributed by atoms with Gasteiger partial charge in [0, 0.05) is 5.56 Å². The van der Waals surface area contributed by atoms with Crippen LogP contribution in [0, 0.1) is 11.8 Å². The molecule has 0 fully saturated rings. The molecule has 0 atom stereocenters. The summed E-state index contributed by atoms with van der Waals surface area (Å²) in [4.78, 5) is 19.9. The Labute approximate surface area is 126 Å². The highest BCUT2D eigenvalue weighted by molar-refractivity contribution is 6.35. The van der Waals surface area contributed by atoms with Gasteiger partial charge in [-0.05, 0) is 18.1 Å². The molecule has 1 aromatic carbocycles. The van der Waals surface area contributed by atoms with Crippen LogP contribution in [-0.4, -0.2) is 30.0 Å². The lowest BCUT2D eigenvalue weighted by Gasteiger charge is -2.03. The molecule has 0 aliphatic carbocycles. The second-order valence-corrected chi connectivity index (χ2v) is 4.25. The van der Waals surface area contributed by atoms with E-state index in [-0.39, 0.29) is 11.9 Å². The number of hydrogen-bond acceptors (Lipinski definition) is 5. The molecule has 5 nitrogen and oxygen atoms in total. The number of aromatic nitrogens is 2. The summed E-state index contributed by atoms with van der Waals surface area (Å²) in [5.74, 6) is 5.02. The number of ketones is 1. The zero-order valence-electron chi connectivity index (χ0n) is 11.4. The van der Waals surface area contributed by atoms with Crippen molar-refractivity contribution in [3.63, 3.8) is 0 Å². The van der Waals surface area contributed by atoms with Crippen molar-refractivity contribution in [2.45, 2.75) is 0 Å². The predicted octanol–water partition coefficient (Wildman–Crippen LogP) is 2.38. The summed E-state index contributed by atoms with van der Waals surface area (Å²) in [7, 11) is 2.89. The number of halogens is 1. The molecular weight excluding hydrogens is 292 g/mol. The molecule has 106 valence electrons. The highest BCUT2D eigenvalue weighted by Crippen LogP contribution is 2.17. The first-order valence-corrected chi connectivity index (χ1v) is 6.29. The van der Waals surface area contributed by atoms with Gasteiger partial charge in [-0.15, -0.1) is 0 Å². The Balaban J connectivity index is 2.31. The number of methoxy groups -OCH3 is 2. The topological polar surface area (TPSA) is 61.3 Å². The fourth-order valence-electron chi connectivity index (χ4n) is 1.53. The third-order valence-electron chi connectivity index (χ3n) is 2.54. The quantitative estimate of drug-likeness (QED) is 0.643. The molecule has 0 spiro atoms. The zero-order chi connectivity index (χ0) is 15.2. The van der Waals surface area contributed by atoms with Crippen molar-refractivity contribution >= 4 is 17.4 Å². The average molecular weight is 303 g/mol. The third kappa shape index (κ3) is 3.50. The molecule has 0 amide bonds. The summed E-state index contributed by atoms with van der Waals surface area (Å²) < 4.78 is 9.97. The lowest BCUT2D eigenvalue weighted by atomic mass is 10.1. The average Bonchev–Trinajstić information content (AvgIpc) is 2.52. The van der Waals surface area contributed by atoms with Crippen LogP contribution in [0.25, 0.3) is 0 Å². The number of carbonyl (C=O) groups is 1. The molecule has 2 rings (SSSR count). The van der Waals surface area contributed by atoms with Gasteiger partial charge >= 0.3 is 6.01 Å².